The highest BCUT2D eigenvalue weighted by atomic mass is 19.1. The van der Waals surface area contributed by atoms with Gasteiger partial charge in [0.15, 0.2) is 5.78 Å². The van der Waals surface area contributed by atoms with Crippen molar-refractivity contribution in [1.82, 2.24) is 25.3 Å². The van der Waals surface area contributed by atoms with Crippen LogP contribution in [0, 0.1) is 23.2 Å². The molecule has 6 fully saturated rings. The molecule has 2 amide bonds. The first-order valence-electron chi connectivity index (χ1n) is 18.6. The molecule has 0 bridgehead atoms. The zero-order valence-electron chi connectivity index (χ0n) is 28.7. The average molecular weight is 657 g/mol. The number of Topliss-reactive ketones (excluding diaryl/α,β-unsaturated/α-hetero) is 1. The number of halogens is 1. The van der Waals surface area contributed by atoms with Gasteiger partial charge in [0.2, 0.25) is 5.91 Å². The van der Waals surface area contributed by atoms with Gasteiger partial charge in [-0.05, 0) is 62.4 Å². The third-order valence-electron chi connectivity index (χ3n) is 12.5. The van der Waals surface area contributed by atoms with E-state index < -0.39 is 36.3 Å². The van der Waals surface area contributed by atoms with Gasteiger partial charge in [0.05, 0.1) is 41.8 Å². The lowest BCUT2D eigenvalue weighted by Gasteiger charge is -2.62. The first kappa shape index (κ1) is 33.4. The number of alkyl halides is 1. The second-order valence-electron chi connectivity index (χ2n) is 17.0. The van der Waals surface area contributed by atoms with E-state index in [0.717, 1.165) is 38.9 Å². The van der Waals surface area contributed by atoms with E-state index in [4.69, 9.17) is 10.5 Å². The summed E-state index contributed by atoms with van der Waals surface area (Å²) in [7, 11) is 0. The maximum absolute atomic E-state index is 16.8. The number of nitrogens with zero attached hydrogens (tertiary/aromatic N) is 3. The molecule has 3 saturated heterocycles. The van der Waals surface area contributed by atoms with Gasteiger partial charge in [-0.25, -0.2) is 4.39 Å². The van der Waals surface area contributed by atoms with Crippen LogP contribution in [0.3, 0.4) is 0 Å². The monoisotopic (exact) mass is 656 g/mol. The molecule has 4 heterocycles. The van der Waals surface area contributed by atoms with E-state index in [0.29, 0.717) is 37.9 Å². The summed E-state index contributed by atoms with van der Waals surface area (Å²) in [6.45, 7) is 10.6. The highest BCUT2D eigenvalue weighted by Crippen LogP contribution is 2.50. The number of ketones is 1. The van der Waals surface area contributed by atoms with Crippen LogP contribution in [0.1, 0.15) is 85.0 Å². The van der Waals surface area contributed by atoms with Crippen molar-refractivity contribution >= 4 is 17.6 Å². The molecule has 262 valence electrons. The van der Waals surface area contributed by atoms with E-state index in [9.17, 15) is 14.4 Å². The van der Waals surface area contributed by atoms with Crippen LogP contribution >= 0.6 is 0 Å². The minimum absolute atomic E-state index is 0.0167. The summed E-state index contributed by atoms with van der Waals surface area (Å²) in [5, 5.41) is 6.19. The van der Waals surface area contributed by atoms with Crippen LogP contribution < -0.4 is 16.4 Å². The number of carbonyl (C=O) groups excluding carboxylic acids is 3. The second kappa shape index (κ2) is 13.3. The van der Waals surface area contributed by atoms with Crippen LogP contribution in [0.4, 0.5) is 4.39 Å². The lowest BCUT2D eigenvalue weighted by atomic mass is 9.64. The zero-order valence-corrected chi connectivity index (χ0v) is 28.7. The molecule has 11 atom stereocenters. The van der Waals surface area contributed by atoms with Gasteiger partial charge in [0.1, 0.15) is 6.17 Å². The number of rotatable bonds is 7. The Morgan fingerprint density at radius 1 is 1.02 bits per heavy atom. The first-order chi connectivity index (χ1) is 22.5. The van der Waals surface area contributed by atoms with E-state index in [1.165, 1.54) is 38.5 Å². The quantitative estimate of drug-likeness (QED) is 0.358. The molecule has 3 saturated carbocycles. The van der Waals surface area contributed by atoms with E-state index >= 15 is 4.39 Å². The minimum Gasteiger partial charge on any atom is -0.369 e. The van der Waals surface area contributed by atoms with Gasteiger partial charge in [-0.3, -0.25) is 19.3 Å². The van der Waals surface area contributed by atoms with Gasteiger partial charge < -0.3 is 30.9 Å². The van der Waals surface area contributed by atoms with E-state index in [2.05, 4.69) is 25.3 Å². The number of hydrogen-bond donors (Lipinski definition) is 3. The van der Waals surface area contributed by atoms with Gasteiger partial charge >= 0.3 is 0 Å². The Morgan fingerprint density at radius 2 is 1.74 bits per heavy atom. The average Bonchev–Trinajstić information content (AvgIpc) is 3.71. The van der Waals surface area contributed by atoms with Crippen molar-refractivity contribution in [2.45, 2.75) is 134 Å². The Morgan fingerprint density at radius 3 is 2.47 bits per heavy atom. The van der Waals surface area contributed by atoms with Crippen LogP contribution in [-0.4, -0.2) is 120 Å². The maximum atomic E-state index is 16.8. The van der Waals surface area contributed by atoms with Crippen molar-refractivity contribution in [2.75, 3.05) is 39.3 Å². The maximum Gasteiger partial charge on any atom is 0.256 e. The normalized spacial score (nSPS) is 40.7. The molecule has 0 radical (unpaired) electrons. The molecule has 0 spiro atoms. The van der Waals surface area contributed by atoms with Gasteiger partial charge in [-0.2, -0.15) is 0 Å². The third kappa shape index (κ3) is 6.63. The largest absolute Gasteiger partial charge is 0.369 e. The van der Waals surface area contributed by atoms with E-state index in [1.54, 1.807) is 0 Å². The Hall–Kier alpha value is -2.08. The molecule has 0 aromatic heterocycles. The van der Waals surface area contributed by atoms with Crippen LogP contribution in [0.15, 0.2) is 11.8 Å². The van der Waals surface area contributed by atoms with Gasteiger partial charge in [-0.1, -0.05) is 46.5 Å². The number of ether oxygens (including phenoxy) is 1. The summed E-state index contributed by atoms with van der Waals surface area (Å²) < 4.78 is 23.8. The molecule has 47 heavy (non-hydrogen) atoms. The number of hydrogen-bond acceptors (Lipinski definition) is 8. The van der Waals surface area contributed by atoms with Crippen molar-refractivity contribution in [3.8, 4) is 0 Å². The van der Waals surface area contributed by atoms with Crippen LogP contribution in [0.5, 0.6) is 0 Å². The molecule has 0 aromatic rings. The molecule has 11 heteroatoms. The van der Waals surface area contributed by atoms with Crippen molar-refractivity contribution in [3.05, 3.63) is 11.8 Å². The fraction of sp³-hybridized carbons (Fsp3) is 0.861. The SMILES string of the molecule is CC(C)(C)CC(=O)NC1CCN(C2C(F)C(N)C3C(=O)C(C(=O)NCCN4CCCC4)=CN4C5CC6CCCCC6CC5OC2C34)C1. The molecule has 11 unspecified atom stereocenters. The number of fused-ring (bicyclic) bond motifs is 3. The Bertz CT molecular complexity index is 1230. The standard InChI is InChI=1S/C36H57FN6O4/c1-36(2,3)18-27(44)40-23-10-14-42(19-23)32-29(37)30(38)28-31-34(32)47-26-17-22-9-5-4-8-21(22)16-25(26)43(31)20-24(33(28)45)35(46)39-11-15-41-12-6-7-13-41/h20-23,25-26,28-32,34H,4-19,38H2,1-3H3,(H,39,46)(H,40,44). The van der Waals surface area contributed by atoms with Crippen molar-refractivity contribution in [1.29, 1.82) is 0 Å². The Balaban J connectivity index is 1.15. The highest BCUT2D eigenvalue weighted by Gasteiger charge is 2.63. The van der Waals surface area contributed by atoms with E-state index in [-0.39, 0.29) is 46.8 Å². The Kier molecular flexibility index (Phi) is 9.47. The fourth-order valence-corrected chi connectivity index (χ4v) is 10.3. The summed E-state index contributed by atoms with van der Waals surface area (Å²) in [6.07, 6.45) is 9.97. The zero-order chi connectivity index (χ0) is 33.0. The van der Waals surface area contributed by atoms with Crippen molar-refractivity contribution in [2.24, 2.45) is 28.9 Å². The molecule has 7 rings (SSSR count). The number of nitrogens with one attached hydrogen (secondary N) is 2. The molecule has 0 aromatic carbocycles. The number of likely N-dealkylation sites (tertiary alicyclic amines) is 2. The van der Waals surface area contributed by atoms with Gasteiger partial charge in [0, 0.05) is 50.9 Å². The molecular formula is C36H57FN6O4. The summed E-state index contributed by atoms with van der Waals surface area (Å²) in [4.78, 5) is 47.3. The second-order valence-corrected chi connectivity index (χ2v) is 17.0. The van der Waals surface area contributed by atoms with Crippen LogP contribution in [-0.2, 0) is 19.1 Å². The number of nitrogens with two attached hydrogens (primary N) is 1. The summed E-state index contributed by atoms with van der Waals surface area (Å²) in [5.74, 6) is -0.373. The lowest BCUT2D eigenvalue weighted by Crippen LogP contribution is -2.78. The molecule has 3 aliphatic carbocycles. The van der Waals surface area contributed by atoms with Crippen molar-refractivity contribution in [3.63, 3.8) is 0 Å². The molecule has 4 N–H and O–H groups in total. The molecule has 4 aliphatic heterocycles. The number of morpholine rings is 1. The Labute approximate surface area is 279 Å². The third-order valence-corrected chi connectivity index (χ3v) is 12.5. The molecule has 7 aliphatic rings. The molecular weight excluding hydrogens is 599 g/mol. The fourth-order valence-electron chi connectivity index (χ4n) is 10.3. The number of amides is 2. The highest BCUT2D eigenvalue weighted by molar-refractivity contribution is 6.21. The summed E-state index contributed by atoms with van der Waals surface area (Å²) in [5.41, 5.74) is 6.75. The van der Waals surface area contributed by atoms with Gasteiger partial charge in [-0.15, -0.1) is 0 Å². The minimum atomic E-state index is -1.50. The van der Waals surface area contributed by atoms with E-state index in [1.807, 2.05) is 27.0 Å². The predicted molar refractivity (Wildman–Crippen MR) is 177 cm³/mol. The molecule has 10 nitrogen and oxygen atoms in total. The first-order valence-corrected chi connectivity index (χ1v) is 18.6. The van der Waals surface area contributed by atoms with Gasteiger partial charge in [0.25, 0.3) is 5.91 Å². The topological polar surface area (TPSA) is 120 Å². The van der Waals surface area contributed by atoms with Crippen LogP contribution in [0.2, 0.25) is 0 Å². The lowest BCUT2D eigenvalue weighted by molar-refractivity contribution is -0.222. The summed E-state index contributed by atoms with van der Waals surface area (Å²) >= 11 is 0. The number of carbonyl (C=O) groups is 3. The summed E-state index contributed by atoms with van der Waals surface area (Å²) in [6, 6.07) is -2.14. The van der Waals surface area contributed by atoms with Crippen molar-refractivity contribution < 1.29 is 23.5 Å². The predicted octanol–water partition coefficient (Wildman–Crippen LogP) is 2.36. The smallest absolute Gasteiger partial charge is 0.256 e. The van der Waals surface area contributed by atoms with Crippen LogP contribution in [0.25, 0.3) is 0 Å².